The third-order valence-electron chi connectivity index (χ3n) is 2.82. The Kier molecular flexibility index (Phi) is 6.02. The highest BCUT2D eigenvalue weighted by Gasteiger charge is 2.16. The Bertz CT molecular complexity index is 420. The van der Waals surface area contributed by atoms with Gasteiger partial charge in [-0.2, -0.15) is 0 Å². The molecule has 4 N–H and O–H groups in total. The molecule has 2 atom stereocenters. The van der Waals surface area contributed by atoms with Crippen molar-refractivity contribution in [1.29, 1.82) is 0 Å². The van der Waals surface area contributed by atoms with Gasteiger partial charge in [-0.25, -0.2) is 0 Å². The summed E-state index contributed by atoms with van der Waals surface area (Å²) in [4.78, 5) is 22.2. The highest BCUT2D eigenvalue weighted by atomic mass is 16.4. The number of carboxylic acid groups (broad SMARTS) is 1. The molecule has 0 fully saturated rings. The maximum absolute atomic E-state index is 11.8. The van der Waals surface area contributed by atoms with E-state index in [2.05, 4.69) is 5.32 Å². The highest BCUT2D eigenvalue weighted by molar-refractivity contribution is 5.82. The molecular formula is C14H20N2O3. The van der Waals surface area contributed by atoms with Crippen LogP contribution < -0.4 is 11.1 Å². The number of hydrogen-bond donors (Lipinski definition) is 3. The Balaban J connectivity index is 2.38. The first-order chi connectivity index (χ1) is 8.99. The number of amides is 1. The molecule has 5 heteroatoms. The van der Waals surface area contributed by atoms with Crippen LogP contribution in [0.1, 0.15) is 25.3 Å². The number of aliphatic carboxylic acids is 1. The van der Waals surface area contributed by atoms with Gasteiger partial charge < -0.3 is 16.2 Å². The lowest BCUT2D eigenvalue weighted by molar-refractivity contribution is -0.137. The molecule has 1 aromatic rings. The van der Waals surface area contributed by atoms with E-state index >= 15 is 0 Å². The first kappa shape index (κ1) is 15.2. The summed E-state index contributed by atoms with van der Waals surface area (Å²) in [6.07, 6.45) is 0.910. The molecule has 1 amide bonds. The van der Waals surface area contributed by atoms with Gasteiger partial charge in [0.15, 0.2) is 0 Å². The van der Waals surface area contributed by atoms with Gasteiger partial charge in [0, 0.05) is 12.5 Å². The summed E-state index contributed by atoms with van der Waals surface area (Å²) in [7, 11) is 0. The molecule has 104 valence electrons. The molecule has 0 aliphatic carbocycles. The minimum Gasteiger partial charge on any atom is -0.481 e. The molecule has 1 rings (SSSR count). The van der Waals surface area contributed by atoms with Crippen LogP contribution in [0.25, 0.3) is 0 Å². The Labute approximate surface area is 112 Å². The van der Waals surface area contributed by atoms with Crippen LogP contribution in [0, 0.1) is 0 Å². The molecule has 0 saturated carbocycles. The predicted molar refractivity (Wildman–Crippen MR) is 72.6 cm³/mol. The first-order valence-electron chi connectivity index (χ1n) is 6.30. The highest BCUT2D eigenvalue weighted by Crippen LogP contribution is 2.03. The molecular weight excluding hydrogens is 244 g/mol. The third kappa shape index (κ3) is 6.01. The molecule has 0 heterocycles. The van der Waals surface area contributed by atoms with Crippen LogP contribution in [0.15, 0.2) is 30.3 Å². The van der Waals surface area contributed by atoms with Crippen LogP contribution in [-0.4, -0.2) is 29.1 Å². The van der Waals surface area contributed by atoms with Gasteiger partial charge in [-0.05, 0) is 25.3 Å². The van der Waals surface area contributed by atoms with Crippen molar-refractivity contribution in [2.24, 2.45) is 5.73 Å². The summed E-state index contributed by atoms with van der Waals surface area (Å²) in [6, 6.07) is 8.73. The molecule has 0 aliphatic rings. The minimum absolute atomic E-state index is 0.0371. The van der Waals surface area contributed by atoms with E-state index in [1.54, 1.807) is 6.92 Å². The fourth-order valence-corrected chi connectivity index (χ4v) is 1.72. The second-order valence-electron chi connectivity index (χ2n) is 4.64. The Morgan fingerprint density at radius 1 is 1.32 bits per heavy atom. The van der Waals surface area contributed by atoms with E-state index in [1.807, 2.05) is 30.3 Å². The average Bonchev–Trinajstić information content (AvgIpc) is 2.37. The average molecular weight is 264 g/mol. The maximum atomic E-state index is 11.8. The van der Waals surface area contributed by atoms with E-state index in [9.17, 15) is 9.59 Å². The number of carbonyl (C=O) groups is 2. The molecule has 0 aliphatic heterocycles. The number of benzene rings is 1. The summed E-state index contributed by atoms with van der Waals surface area (Å²) in [5.74, 6) is -1.11. The molecule has 0 bridgehead atoms. The summed E-state index contributed by atoms with van der Waals surface area (Å²) >= 11 is 0. The Morgan fingerprint density at radius 3 is 2.53 bits per heavy atom. The van der Waals surface area contributed by atoms with Crippen LogP contribution in [0.3, 0.4) is 0 Å². The van der Waals surface area contributed by atoms with Gasteiger partial charge in [-0.1, -0.05) is 30.3 Å². The minimum atomic E-state index is -0.866. The Hall–Kier alpha value is -1.88. The van der Waals surface area contributed by atoms with Gasteiger partial charge in [0.2, 0.25) is 5.91 Å². The predicted octanol–water partition coefficient (Wildman–Crippen LogP) is 0.926. The van der Waals surface area contributed by atoms with E-state index < -0.39 is 12.0 Å². The second kappa shape index (κ2) is 7.53. The normalized spacial score (nSPS) is 13.6. The van der Waals surface area contributed by atoms with Crippen LogP contribution in [-0.2, 0) is 16.0 Å². The molecule has 1 unspecified atom stereocenters. The third-order valence-corrected chi connectivity index (χ3v) is 2.82. The van der Waals surface area contributed by atoms with Crippen molar-refractivity contribution in [2.75, 3.05) is 0 Å². The monoisotopic (exact) mass is 264 g/mol. The summed E-state index contributed by atoms with van der Waals surface area (Å²) in [5, 5.41) is 11.3. The second-order valence-corrected chi connectivity index (χ2v) is 4.64. The molecule has 5 nitrogen and oxygen atoms in total. The summed E-state index contributed by atoms with van der Waals surface area (Å²) < 4.78 is 0. The van der Waals surface area contributed by atoms with E-state index in [0.717, 1.165) is 5.56 Å². The first-order valence-corrected chi connectivity index (χ1v) is 6.30. The van der Waals surface area contributed by atoms with Gasteiger partial charge in [0.25, 0.3) is 0 Å². The van der Waals surface area contributed by atoms with Gasteiger partial charge >= 0.3 is 5.97 Å². The van der Waals surface area contributed by atoms with E-state index in [4.69, 9.17) is 10.8 Å². The van der Waals surface area contributed by atoms with Crippen molar-refractivity contribution < 1.29 is 14.7 Å². The topological polar surface area (TPSA) is 92.4 Å². The molecule has 0 saturated heterocycles. The zero-order valence-electron chi connectivity index (χ0n) is 11.0. The lowest BCUT2D eigenvalue weighted by atomic mass is 10.1. The Morgan fingerprint density at radius 2 is 1.95 bits per heavy atom. The van der Waals surface area contributed by atoms with Gasteiger partial charge in [0.05, 0.1) is 6.04 Å². The van der Waals surface area contributed by atoms with Crippen molar-refractivity contribution >= 4 is 11.9 Å². The van der Waals surface area contributed by atoms with E-state index in [-0.39, 0.29) is 18.4 Å². The fraction of sp³-hybridized carbons (Fsp3) is 0.429. The largest absolute Gasteiger partial charge is 0.481 e. The summed E-state index contributed by atoms with van der Waals surface area (Å²) in [5.41, 5.74) is 6.83. The number of hydrogen-bond acceptors (Lipinski definition) is 3. The summed E-state index contributed by atoms with van der Waals surface area (Å²) in [6.45, 7) is 1.77. The molecule has 0 spiro atoms. The number of carboxylic acids is 1. The van der Waals surface area contributed by atoms with Crippen molar-refractivity contribution in [3.63, 3.8) is 0 Å². The van der Waals surface area contributed by atoms with Crippen LogP contribution in [0.5, 0.6) is 0 Å². The van der Waals surface area contributed by atoms with Crippen molar-refractivity contribution in [3.05, 3.63) is 35.9 Å². The number of carbonyl (C=O) groups excluding carboxylic acids is 1. The van der Waals surface area contributed by atoms with Crippen LogP contribution in [0.4, 0.5) is 0 Å². The van der Waals surface area contributed by atoms with Crippen LogP contribution in [0.2, 0.25) is 0 Å². The number of nitrogens with two attached hydrogens (primary N) is 1. The lowest BCUT2D eigenvalue weighted by Crippen LogP contribution is -2.45. The van der Waals surface area contributed by atoms with Crippen molar-refractivity contribution in [3.8, 4) is 0 Å². The van der Waals surface area contributed by atoms with Gasteiger partial charge in [-0.15, -0.1) is 0 Å². The molecule has 19 heavy (non-hydrogen) atoms. The zero-order valence-corrected chi connectivity index (χ0v) is 11.0. The van der Waals surface area contributed by atoms with Gasteiger partial charge in [0.1, 0.15) is 0 Å². The number of rotatable bonds is 7. The number of nitrogens with one attached hydrogen (secondary N) is 1. The molecule has 1 aromatic carbocycles. The quantitative estimate of drug-likeness (QED) is 0.683. The lowest BCUT2D eigenvalue weighted by Gasteiger charge is -2.17. The van der Waals surface area contributed by atoms with Gasteiger partial charge in [-0.3, -0.25) is 9.59 Å². The maximum Gasteiger partial charge on any atom is 0.303 e. The standard InChI is InChI=1S/C14H20N2O3/c1-10(7-8-13(17)18)16-14(19)12(15)9-11-5-3-2-4-6-11/h2-6,10,12H,7-9,15H2,1H3,(H,16,19)(H,17,18)/t10?,12-/m0/s1. The van der Waals surface area contributed by atoms with Crippen molar-refractivity contribution in [2.45, 2.75) is 38.3 Å². The molecule has 0 radical (unpaired) electrons. The van der Waals surface area contributed by atoms with Crippen molar-refractivity contribution in [1.82, 2.24) is 5.32 Å². The smallest absolute Gasteiger partial charge is 0.303 e. The zero-order chi connectivity index (χ0) is 14.3. The SMILES string of the molecule is CC(CCC(=O)O)NC(=O)[C@@H](N)Cc1ccccc1. The fourth-order valence-electron chi connectivity index (χ4n) is 1.72. The van der Waals surface area contributed by atoms with E-state index in [0.29, 0.717) is 12.8 Å². The van der Waals surface area contributed by atoms with Crippen LogP contribution >= 0.6 is 0 Å². The molecule has 0 aromatic heterocycles. The van der Waals surface area contributed by atoms with E-state index in [1.165, 1.54) is 0 Å².